The van der Waals surface area contributed by atoms with Crippen molar-refractivity contribution in [3.8, 4) is 0 Å². The Balaban J connectivity index is 1.43. The summed E-state index contributed by atoms with van der Waals surface area (Å²) < 4.78 is 0. The first-order chi connectivity index (χ1) is 12.6. The molecule has 0 spiro atoms. The summed E-state index contributed by atoms with van der Waals surface area (Å²) in [6.45, 7) is 3.84. The van der Waals surface area contributed by atoms with Gasteiger partial charge >= 0.3 is 6.03 Å². The van der Waals surface area contributed by atoms with Crippen LogP contribution in [0.15, 0.2) is 30.5 Å². The number of amides is 2. The lowest BCUT2D eigenvalue weighted by atomic mass is 9.71. The maximum atomic E-state index is 12.7. The van der Waals surface area contributed by atoms with Crippen molar-refractivity contribution < 1.29 is 9.90 Å². The first-order valence-electron chi connectivity index (χ1n) is 9.65. The summed E-state index contributed by atoms with van der Waals surface area (Å²) in [7, 11) is 0. The van der Waals surface area contributed by atoms with Crippen LogP contribution in [-0.4, -0.2) is 39.7 Å². The van der Waals surface area contributed by atoms with E-state index < -0.39 is 5.60 Å². The molecule has 1 aliphatic heterocycles. The molecule has 2 fully saturated rings. The Morgan fingerprint density at radius 1 is 1.35 bits per heavy atom. The van der Waals surface area contributed by atoms with Gasteiger partial charge in [-0.2, -0.15) is 0 Å². The van der Waals surface area contributed by atoms with Gasteiger partial charge in [0, 0.05) is 37.1 Å². The summed E-state index contributed by atoms with van der Waals surface area (Å²) in [6.07, 6.45) is 6.67. The van der Waals surface area contributed by atoms with Crippen molar-refractivity contribution in [2.45, 2.75) is 51.2 Å². The van der Waals surface area contributed by atoms with Crippen molar-refractivity contribution in [2.75, 3.05) is 13.1 Å². The van der Waals surface area contributed by atoms with Crippen LogP contribution in [0.1, 0.15) is 43.2 Å². The second-order valence-corrected chi connectivity index (χ2v) is 7.84. The van der Waals surface area contributed by atoms with E-state index in [9.17, 15) is 9.90 Å². The molecule has 0 bridgehead atoms. The summed E-state index contributed by atoms with van der Waals surface area (Å²) >= 11 is 0. The molecule has 2 N–H and O–H groups in total. The Hall–Kier alpha value is -2.14. The van der Waals surface area contributed by atoms with Crippen LogP contribution in [0.2, 0.25) is 0 Å². The van der Waals surface area contributed by atoms with E-state index in [1.807, 2.05) is 11.0 Å². The van der Waals surface area contributed by atoms with E-state index in [1.165, 1.54) is 0 Å². The molecule has 0 radical (unpaired) electrons. The predicted octanol–water partition coefficient (Wildman–Crippen LogP) is 3.38. The summed E-state index contributed by atoms with van der Waals surface area (Å²) in [5, 5.41) is 14.9. The van der Waals surface area contributed by atoms with Gasteiger partial charge in [-0.25, -0.2) is 4.79 Å². The lowest BCUT2D eigenvalue weighted by Crippen LogP contribution is -2.56. The molecule has 1 saturated heterocycles. The van der Waals surface area contributed by atoms with Gasteiger partial charge in [-0.1, -0.05) is 31.0 Å². The molecule has 4 rings (SSSR count). The van der Waals surface area contributed by atoms with Crippen LogP contribution in [0.3, 0.4) is 0 Å². The Bertz CT molecular complexity index is 822. The molecule has 2 aromatic rings. The highest BCUT2D eigenvalue weighted by Crippen LogP contribution is 2.39. The van der Waals surface area contributed by atoms with Crippen LogP contribution < -0.4 is 5.32 Å². The average molecular weight is 353 g/mol. The number of carbonyl (C=O) groups excluding carboxylic acids is 1. The first kappa shape index (κ1) is 17.3. The number of hydrogen-bond acceptors (Lipinski definition) is 3. The molecule has 1 aliphatic carbocycles. The van der Waals surface area contributed by atoms with Gasteiger partial charge in [0.1, 0.15) is 0 Å². The summed E-state index contributed by atoms with van der Waals surface area (Å²) in [6, 6.07) is 8.08. The molecule has 0 unspecified atom stereocenters. The van der Waals surface area contributed by atoms with Gasteiger partial charge in [0.25, 0.3) is 0 Å². The molecule has 5 heteroatoms. The molecule has 1 saturated carbocycles. The van der Waals surface area contributed by atoms with Crippen molar-refractivity contribution >= 4 is 16.9 Å². The Morgan fingerprint density at radius 3 is 3.12 bits per heavy atom. The first-order valence-corrected chi connectivity index (χ1v) is 9.65. The van der Waals surface area contributed by atoms with Gasteiger partial charge in [-0.3, -0.25) is 4.98 Å². The monoisotopic (exact) mass is 353 g/mol. The second-order valence-electron chi connectivity index (χ2n) is 7.84. The van der Waals surface area contributed by atoms with E-state index in [0.717, 1.165) is 47.7 Å². The quantitative estimate of drug-likeness (QED) is 0.870. The number of likely N-dealkylation sites (tertiary alicyclic amines) is 1. The van der Waals surface area contributed by atoms with Crippen molar-refractivity contribution in [3.05, 3.63) is 41.6 Å². The Kier molecular flexibility index (Phi) is 4.57. The molecule has 2 atom stereocenters. The number of aromatic nitrogens is 1. The van der Waals surface area contributed by atoms with Crippen LogP contribution in [-0.2, 0) is 6.54 Å². The highest BCUT2D eigenvalue weighted by Gasteiger charge is 2.43. The van der Waals surface area contributed by atoms with E-state index in [1.54, 1.807) is 6.20 Å². The van der Waals surface area contributed by atoms with Gasteiger partial charge in [0.15, 0.2) is 0 Å². The fourth-order valence-electron chi connectivity index (χ4n) is 4.57. The third kappa shape index (κ3) is 3.16. The van der Waals surface area contributed by atoms with E-state index in [0.29, 0.717) is 26.1 Å². The van der Waals surface area contributed by atoms with Crippen LogP contribution in [0.25, 0.3) is 10.9 Å². The van der Waals surface area contributed by atoms with E-state index in [-0.39, 0.29) is 11.9 Å². The van der Waals surface area contributed by atoms with Crippen LogP contribution >= 0.6 is 0 Å². The lowest BCUT2D eigenvalue weighted by Gasteiger charge is -2.47. The predicted molar refractivity (Wildman–Crippen MR) is 102 cm³/mol. The highest BCUT2D eigenvalue weighted by atomic mass is 16.3. The minimum atomic E-state index is -0.548. The third-order valence-electron chi connectivity index (χ3n) is 6.21. The number of aliphatic hydroxyl groups is 1. The maximum Gasteiger partial charge on any atom is 0.317 e. The minimum absolute atomic E-state index is 0.0322. The van der Waals surface area contributed by atoms with Gasteiger partial charge < -0.3 is 15.3 Å². The van der Waals surface area contributed by atoms with Crippen molar-refractivity contribution in [3.63, 3.8) is 0 Å². The summed E-state index contributed by atoms with van der Waals surface area (Å²) in [4.78, 5) is 19.0. The molecule has 1 aromatic heterocycles. The van der Waals surface area contributed by atoms with Crippen molar-refractivity contribution in [2.24, 2.45) is 5.92 Å². The molecule has 5 nitrogen and oxygen atoms in total. The van der Waals surface area contributed by atoms with Crippen LogP contribution in [0.5, 0.6) is 0 Å². The molecule has 2 aliphatic rings. The highest BCUT2D eigenvalue weighted by molar-refractivity contribution is 5.85. The zero-order chi connectivity index (χ0) is 18.1. The Labute approximate surface area is 154 Å². The molecular formula is C21H27N3O2. The van der Waals surface area contributed by atoms with Gasteiger partial charge in [-0.05, 0) is 43.4 Å². The van der Waals surface area contributed by atoms with E-state index in [2.05, 4.69) is 35.4 Å². The van der Waals surface area contributed by atoms with E-state index >= 15 is 0 Å². The number of benzene rings is 1. The minimum Gasteiger partial charge on any atom is -0.389 e. The fraction of sp³-hybridized carbons (Fsp3) is 0.524. The third-order valence-corrected chi connectivity index (χ3v) is 6.21. The number of pyridine rings is 1. The molecule has 1 aromatic carbocycles. The lowest BCUT2D eigenvalue weighted by molar-refractivity contribution is -0.0870. The molecule has 138 valence electrons. The second kappa shape index (κ2) is 6.88. The number of rotatable bonds is 2. The van der Waals surface area contributed by atoms with Crippen LogP contribution in [0.4, 0.5) is 4.79 Å². The molecule has 2 heterocycles. The number of nitrogens with one attached hydrogen (secondary N) is 1. The number of urea groups is 1. The van der Waals surface area contributed by atoms with E-state index in [4.69, 9.17) is 0 Å². The fourth-order valence-corrected chi connectivity index (χ4v) is 4.57. The smallest absolute Gasteiger partial charge is 0.317 e. The average Bonchev–Trinajstić information content (AvgIpc) is 2.67. The summed E-state index contributed by atoms with van der Waals surface area (Å²) in [5.41, 5.74) is 2.67. The number of piperidine rings is 1. The molecule has 2 amide bonds. The molecule has 26 heavy (non-hydrogen) atoms. The zero-order valence-corrected chi connectivity index (χ0v) is 15.4. The number of fused-ring (bicyclic) bond motifs is 2. The number of hydrogen-bond donors (Lipinski definition) is 2. The molecular weight excluding hydrogens is 326 g/mol. The number of aryl methyl sites for hydroxylation is 1. The normalized spacial score (nSPS) is 25.8. The van der Waals surface area contributed by atoms with Crippen molar-refractivity contribution in [1.82, 2.24) is 15.2 Å². The Morgan fingerprint density at radius 2 is 2.23 bits per heavy atom. The van der Waals surface area contributed by atoms with Gasteiger partial charge in [0.2, 0.25) is 0 Å². The number of nitrogens with zero attached hydrogens (tertiary/aromatic N) is 2. The standard InChI is InChI=1S/C21H27N3O2/c1-15-7-8-16(18-6-4-11-22-19(15)18)13-23-20(25)24-12-10-21(26)9-3-2-5-17(21)14-24/h4,6-8,11,17,26H,2-3,5,9-10,12-14H2,1H3,(H,23,25)/t17-,21-/m0/s1. The topological polar surface area (TPSA) is 65.5 Å². The number of carbonyl (C=O) groups is 1. The SMILES string of the molecule is Cc1ccc(CNC(=O)N2CC[C@@]3(O)CCCC[C@H]3C2)c2cccnc12. The zero-order valence-electron chi connectivity index (χ0n) is 15.4. The van der Waals surface area contributed by atoms with Gasteiger partial charge in [-0.15, -0.1) is 0 Å². The summed E-state index contributed by atoms with van der Waals surface area (Å²) in [5.74, 6) is 0.222. The largest absolute Gasteiger partial charge is 0.389 e. The van der Waals surface area contributed by atoms with Gasteiger partial charge in [0.05, 0.1) is 11.1 Å². The van der Waals surface area contributed by atoms with Crippen molar-refractivity contribution in [1.29, 1.82) is 0 Å². The van der Waals surface area contributed by atoms with Crippen LogP contribution in [0, 0.1) is 12.8 Å². The maximum absolute atomic E-state index is 12.7.